The normalized spacial score (nSPS) is 17.5. The third-order valence-electron chi connectivity index (χ3n) is 11.5. The number of nitrogens with zero attached hydrogens (tertiary/aromatic N) is 1. The molecule has 4 aromatic carbocycles. The molecule has 2 aliphatic heterocycles. The van der Waals surface area contributed by atoms with Gasteiger partial charge in [-0.25, -0.2) is 0 Å². The molecule has 0 atom stereocenters. The van der Waals surface area contributed by atoms with Crippen molar-refractivity contribution in [1.82, 2.24) is 0 Å². The van der Waals surface area contributed by atoms with Gasteiger partial charge in [-0.2, -0.15) is 0 Å². The highest BCUT2D eigenvalue weighted by molar-refractivity contribution is 6.99. The molecule has 8 rings (SSSR count). The van der Waals surface area contributed by atoms with Gasteiger partial charge in [-0.3, -0.25) is 0 Å². The van der Waals surface area contributed by atoms with Crippen LogP contribution in [-0.4, -0.2) is 6.71 Å². The standard InChI is InChI=1S/C43H49BN2O/c1-25-20-34-37-35(21-25)46(28-15-12-26(13-16-28)40(2,3)4)38-29-23-30-31(43(10,11)19-18-42(30,8)9)24-36(29)47-39(38)44(37)32-22-27(41(5,6)7)14-17-33(32)45-34/h12-17,20-24,45H,18-19H2,1-11H3. The predicted molar refractivity (Wildman–Crippen MR) is 203 cm³/mol. The summed E-state index contributed by atoms with van der Waals surface area (Å²) in [7, 11) is 0. The van der Waals surface area contributed by atoms with Gasteiger partial charge in [0.05, 0.1) is 11.3 Å². The molecule has 47 heavy (non-hydrogen) atoms. The lowest BCUT2D eigenvalue weighted by atomic mass is 9.35. The first kappa shape index (κ1) is 30.4. The maximum Gasteiger partial charge on any atom is 0.297 e. The number of hydrogen-bond acceptors (Lipinski definition) is 3. The van der Waals surface area contributed by atoms with Crippen molar-refractivity contribution in [3.8, 4) is 0 Å². The van der Waals surface area contributed by atoms with Crippen LogP contribution in [0.2, 0.25) is 0 Å². The Bertz CT molecular complexity index is 2100. The highest BCUT2D eigenvalue weighted by atomic mass is 16.3. The van der Waals surface area contributed by atoms with Crippen LogP contribution in [0, 0.1) is 6.92 Å². The van der Waals surface area contributed by atoms with Crippen molar-refractivity contribution in [2.75, 3.05) is 10.2 Å². The van der Waals surface area contributed by atoms with Gasteiger partial charge < -0.3 is 14.6 Å². The van der Waals surface area contributed by atoms with Gasteiger partial charge in [0, 0.05) is 28.1 Å². The highest BCUT2D eigenvalue weighted by Gasteiger charge is 2.46. The van der Waals surface area contributed by atoms with E-state index in [1.165, 1.54) is 85.4 Å². The molecule has 0 spiro atoms. The van der Waals surface area contributed by atoms with E-state index in [1.807, 2.05) is 0 Å². The fraction of sp³-hybridized carbons (Fsp3) is 0.395. The van der Waals surface area contributed by atoms with Crippen LogP contribution in [0.4, 0.5) is 28.4 Å². The van der Waals surface area contributed by atoms with Gasteiger partial charge in [-0.05, 0) is 123 Å². The number of anilines is 5. The van der Waals surface area contributed by atoms with E-state index in [-0.39, 0.29) is 28.4 Å². The fourth-order valence-corrected chi connectivity index (χ4v) is 8.41. The summed E-state index contributed by atoms with van der Waals surface area (Å²) in [5, 5.41) is 5.08. The SMILES string of the molecule is Cc1cc2c3c(c1)N(c1ccc(C(C)(C)C)cc1)c1c(oc4cc5c(cc14)C(C)(C)CCC5(C)C)B3c1cc(C(C)(C)C)ccc1N2. The van der Waals surface area contributed by atoms with Gasteiger partial charge in [-0.15, -0.1) is 0 Å². The van der Waals surface area contributed by atoms with Crippen molar-refractivity contribution in [2.24, 2.45) is 0 Å². The zero-order chi connectivity index (χ0) is 33.4. The molecule has 3 nitrogen and oxygen atoms in total. The Morgan fingerprint density at radius 2 is 1.34 bits per heavy atom. The Labute approximate surface area is 281 Å². The average Bonchev–Trinajstić information content (AvgIpc) is 3.36. The number of benzene rings is 4. The van der Waals surface area contributed by atoms with Gasteiger partial charge in [0.1, 0.15) is 5.58 Å². The topological polar surface area (TPSA) is 28.4 Å². The van der Waals surface area contributed by atoms with Crippen LogP contribution in [0.1, 0.15) is 110 Å². The first-order valence-corrected chi connectivity index (χ1v) is 17.5. The second kappa shape index (κ2) is 9.59. The monoisotopic (exact) mass is 620 g/mol. The Hall–Kier alpha value is -3.92. The van der Waals surface area contributed by atoms with Crippen LogP contribution in [0.3, 0.4) is 0 Å². The van der Waals surface area contributed by atoms with Crippen LogP contribution >= 0.6 is 0 Å². The molecule has 0 fully saturated rings. The van der Waals surface area contributed by atoms with E-state index in [0.717, 1.165) is 11.2 Å². The van der Waals surface area contributed by atoms with Gasteiger partial charge in [-0.1, -0.05) is 93.5 Å². The summed E-state index contributed by atoms with van der Waals surface area (Å²) >= 11 is 0. The summed E-state index contributed by atoms with van der Waals surface area (Å²) in [4.78, 5) is 2.50. The smallest absolute Gasteiger partial charge is 0.297 e. The van der Waals surface area contributed by atoms with Crippen molar-refractivity contribution < 1.29 is 4.42 Å². The molecule has 3 aliphatic rings. The minimum absolute atomic E-state index is 0.00954. The molecule has 1 aromatic heterocycles. The van der Waals surface area contributed by atoms with Crippen LogP contribution < -0.4 is 26.8 Å². The van der Waals surface area contributed by atoms with E-state index >= 15 is 0 Å². The van der Waals surface area contributed by atoms with Gasteiger partial charge in [0.25, 0.3) is 6.71 Å². The van der Waals surface area contributed by atoms with E-state index in [1.54, 1.807) is 0 Å². The number of fused-ring (bicyclic) bond motifs is 7. The Morgan fingerprint density at radius 1 is 0.723 bits per heavy atom. The summed E-state index contributed by atoms with van der Waals surface area (Å²) in [5.74, 6) is 0. The van der Waals surface area contributed by atoms with Crippen LogP contribution in [0.15, 0.2) is 71.1 Å². The van der Waals surface area contributed by atoms with Crippen molar-refractivity contribution in [3.63, 3.8) is 0 Å². The van der Waals surface area contributed by atoms with Gasteiger partial charge in [0.15, 0.2) is 0 Å². The molecule has 4 heteroatoms. The summed E-state index contributed by atoms with van der Waals surface area (Å²) < 4.78 is 7.24. The lowest BCUT2D eigenvalue weighted by Crippen LogP contribution is -2.60. The first-order chi connectivity index (χ1) is 21.9. The molecule has 1 N–H and O–H groups in total. The second-order valence-electron chi connectivity index (χ2n) is 18.0. The van der Waals surface area contributed by atoms with Crippen LogP contribution in [-0.2, 0) is 21.7 Å². The predicted octanol–water partition coefficient (Wildman–Crippen LogP) is 10.0. The minimum atomic E-state index is -0.00954. The van der Waals surface area contributed by atoms with E-state index in [4.69, 9.17) is 4.42 Å². The molecule has 0 unspecified atom stereocenters. The Balaban J connectivity index is 1.47. The molecular weight excluding hydrogens is 571 g/mol. The Kier molecular flexibility index (Phi) is 6.20. The Morgan fingerprint density at radius 3 is 1.98 bits per heavy atom. The molecule has 0 bridgehead atoms. The molecule has 0 saturated heterocycles. The second-order valence-corrected chi connectivity index (χ2v) is 18.0. The summed E-state index contributed by atoms with van der Waals surface area (Å²) in [5.41, 5.74) is 17.7. The van der Waals surface area contributed by atoms with E-state index in [2.05, 4.69) is 153 Å². The van der Waals surface area contributed by atoms with Crippen molar-refractivity contribution >= 4 is 62.7 Å². The van der Waals surface area contributed by atoms with Crippen molar-refractivity contribution in [1.29, 1.82) is 0 Å². The molecule has 240 valence electrons. The maximum absolute atomic E-state index is 7.24. The number of nitrogens with one attached hydrogen (secondary N) is 1. The minimum Gasteiger partial charge on any atom is -0.468 e. The van der Waals surface area contributed by atoms with Crippen LogP contribution in [0.5, 0.6) is 0 Å². The third-order valence-corrected chi connectivity index (χ3v) is 11.5. The number of rotatable bonds is 1. The number of aryl methyl sites for hydroxylation is 1. The first-order valence-electron chi connectivity index (χ1n) is 17.5. The molecule has 5 aromatic rings. The van der Waals surface area contributed by atoms with Crippen molar-refractivity contribution in [3.05, 3.63) is 94.5 Å². The molecule has 3 heterocycles. The molecule has 0 saturated carbocycles. The lowest BCUT2D eigenvalue weighted by Gasteiger charge is -2.42. The lowest BCUT2D eigenvalue weighted by molar-refractivity contribution is 0.332. The zero-order valence-corrected chi connectivity index (χ0v) is 30.2. The summed E-state index contributed by atoms with van der Waals surface area (Å²) in [6, 6.07) is 25.8. The van der Waals surface area contributed by atoms with Gasteiger partial charge in [0.2, 0.25) is 0 Å². The van der Waals surface area contributed by atoms with Crippen molar-refractivity contribution in [2.45, 2.75) is 111 Å². The fourth-order valence-electron chi connectivity index (χ4n) is 8.41. The largest absolute Gasteiger partial charge is 0.468 e. The van der Waals surface area contributed by atoms with Gasteiger partial charge >= 0.3 is 0 Å². The summed E-state index contributed by atoms with van der Waals surface area (Å²) in [6.07, 6.45) is 2.36. The zero-order valence-electron chi connectivity index (χ0n) is 30.2. The maximum atomic E-state index is 7.24. The van der Waals surface area contributed by atoms with E-state index < -0.39 is 0 Å². The average molecular weight is 621 g/mol. The molecular formula is C43H49BN2O. The quantitative estimate of drug-likeness (QED) is 0.185. The van der Waals surface area contributed by atoms with E-state index in [0.29, 0.717) is 0 Å². The molecule has 0 radical (unpaired) electrons. The highest BCUT2D eigenvalue weighted by Crippen LogP contribution is 2.50. The van der Waals surface area contributed by atoms with E-state index in [9.17, 15) is 0 Å². The van der Waals surface area contributed by atoms with Crippen LogP contribution in [0.25, 0.3) is 11.0 Å². The molecule has 0 amide bonds. The third kappa shape index (κ3) is 4.54. The number of hydrogen-bond donors (Lipinski definition) is 1. The number of furan rings is 1. The molecule has 1 aliphatic carbocycles. The summed E-state index contributed by atoms with van der Waals surface area (Å²) in [6.45, 7) is 25.6.